The van der Waals surface area contributed by atoms with Crippen molar-refractivity contribution in [2.45, 2.75) is 25.7 Å². The number of nitro groups is 1. The van der Waals surface area contributed by atoms with Gasteiger partial charge in [0.15, 0.2) is 0 Å². The third-order valence-electron chi connectivity index (χ3n) is 3.50. The number of aromatic nitrogens is 2. The number of hydrogen-bond donors (Lipinski definition) is 0. The summed E-state index contributed by atoms with van der Waals surface area (Å²) in [6, 6.07) is 6.13. The van der Waals surface area contributed by atoms with Crippen LogP contribution < -0.4 is 4.90 Å². The van der Waals surface area contributed by atoms with Crippen LogP contribution in [0.1, 0.15) is 31.4 Å². The van der Waals surface area contributed by atoms with Gasteiger partial charge in [0.25, 0.3) is 5.69 Å². The summed E-state index contributed by atoms with van der Waals surface area (Å²) in [5.74, 6) is 0.419. The van der Waals surface area contributed by atoms with Gasteiger partial charge in [0.05, 0.1) is 16.7 Å². The molecule has 1 fully saturated rings. The van der Waals surface area contributed by atoms with Crippen molar-refractivity contribution >= 4 is 23.1 Å². The van der Waals surface area contributed by atoms with Crippen molar-refractivity contribution < 1.29 is 9.72 Å². The van der Waals surface area contributed by atoms with Crippen LogP contribution in [-0.4, -0.2) is 20.8 Å². The first-order valence-corrected chi connectivity index (χ1v) is 6.93. The molecule has 0 N–H and O–H groups in total. The highest BCUT2D eigenvalue weighted by Gasteiger charge is 2.26. The largest absolute Gasteiger partial charge is 0.274 e. The van der Waals surface area contributed by atoms with Crippen LogP contribution >= 0.6 is 0 Å². The number of rotatable bonds is 4. The molecular weight excluding hydrogens is 284 g/mol. The SMILES string of the molecule is CC(=O)N(c1ccnc(C2CC2)c1)c1cc([N+](=O)[O-])ccn1. The lowest BCUT2D eigenvalue weighted by Gasteiger charge is -2.20. The Balaban J connectivity index is 2.02. The van der Waals surface area contributed by atoms with E-state index in [0.717, 1.165) is 18.5 Å². The van der Waals surface area contributed by atoms with Crippen molar-refractivity contribution in [3.8, 4) is 0 Å². The van der Waals surface area contributed by atoms with Crippen molar-refractivity contribution in [2.75, 3.05) is 4.90 Å². The molecule has 0 unspecified atom stereocenters. The van der Waals surface area contributed by atoms with Crippen LogP contribution in [0, 0.1) is 10.1 Å². The minimum Gasteiger partial charge on any atom is -0.274 e. The van der Waals surface area contributed by atoms with Crippen molar-refractivity contribution in [1.82, 2.24) is 9.97 Å². The van der Waals surface area contributed by atoms with Crippen LogP contribution in [0.15, 0.2) is 36.7 Å². The van der Waals surface area contributed by atoms with Gasteiger partial charge in [-0.1, -0.05) is 0 Å². The highest BCUT2D eigenvalue weighted by Crippen LogP contribution is 2.40. The molecule has 7 heteroatoms. The first-order chi connectivity index (χ1) is 10.6. The number of amides is 1. The van der Waals surface area contributed by atoms with E-state index in [1.165, 1.54) is 30.2 Å². The summed E-state index contributed by atoms with van der Waals surface area (Å²) in [7, 11) is 0. The first-order valence-electron chi connectivity index (χ1n) is 6.93. The van der Waals surface area contributed by atoms with E-state index >= 15 is 0 Å². The van der Waals surface area contributed by atoms with Crippen LogP contribution in [0.4, 0.5) is 17.2 Å². The van der Waals surface area contributed by atoms with Crippen LogP contribution in [-0.2, 0) is 4.79 Å². The third-order valence-corrected chi connectivity index (χ3v) is 3.50. The van der Waals surface area contributed by atoms with E-state index in [1.807, 2.05) is 6.07 Å². The zero-order valence-corrected chi connectivity index (χ0v) is 12.0. The van der Waals surface area contributed by atoms with E-state index in [4.69, 9.17) is 0 Å². The van der Waals surface area contributed by atoms with E-state index in [-0.39, 0.29) is 17.4 Å². The lowest BCUT2D eigenvalue weighted by atomic mass is 10.2. The first kappa shape index (κ1) is 14.1. The third kappa shape index (κ3) is 2.78. The molecule has 1 aliphatic carbocycles. The molecule has 0 atom stereocenters. The molecule has 0 spiro atoms. The van der Waals surface area contributed by atoms with Gasteiger partial charge in [0.1, 0.15) is 5.82 Å². The molecule has 1 saturated carbocycles. The second-order valence-corrected chi connectivity index (χ2v) is 5.20. The van der Waals surface area contributed by atoms with Crippen LogP contribution in [0.2, 0.25) is 0 Å². The summed E-state index contributed by atoms with van der Waals surface area (Å²) >= 11 is 0. The summed E-state index contributed by atoms with van der Waals surface area (Å²) in [6.45, 7) is 1.40. The highest BCUT2D eigenvalue weighted by molar-refractivity contribution is 5.98. The van der Waals surface area contributed by atoms with E-state index in [0.29, 0.717) is 11.6 Å². The molecule has 3 rings (SSSR count). The molecule has 7 nitrogen and oxygen atoms in total. The molecular formula is C15H14N4O3. The molecule has 2 aromatic heterocycles. The predicted molar refractivity (Wildman–Crippen MR) is 79.9 cm³/mol. The van der Waals surface area contributed by atoms with Crippen molar-refractivity contribution in [1.29, 1.82) is 0 Å². The van der Waals surface area contributed by atoms with Gasteiger partial charge in [-0.2, -0.15) is 0 Å². The lowest BCUT2D eigenvalue weighted by Crippen LogP contribution is -2.24. The number of nitrogens with zero attached hydrogens (tertiary/aromatic N) is 4. The molecule has 0 aliphatic heterocycles. The monoisotopic (exact) mass is 298 g/mol. The standard InChI is InChI=1S/C15H14N4O3/c1-10(20)18(15-9-13(19(21)22)5-7-17-15)12-4-6-16-14(8-12)11-2-3-11/h4-9,11H,2-3H2,1H3. The maximum absolute atomic E-state index is 12.0. The predicted octanol–water partition coefficient (Wildman–Crippen LogP) is 2.95. The van der Waals surface area contributed by atoms with E-state index < -0.39 is 4.92 Å². The Hall–Kier alpha value is -2.83. The zero-order valence-electron chi connectivity index (χ0n) is 12.0. The molecule has 0 bridgehead atoms. The summed E-state index contributed by atoms with van der Waals surface area (Å²) in [5.41, 5.74) is 1.46. The smallest absolute Gasteiger partial charge is 0.274 e. The van der Waals surface area contributed by atoms with Crippen LogP contribution in [0.3, 0.4) is 0 Å². The number of pyridine rings is 2. The Morgan fingerprint density at radius 3 is 2.64 bits per heavy atom. The fourth-order valence-electron chi connectivity index (χ4n) is 2.30. The molecule has 0 saturated heterocycles. The normalized spacial score (nSPS) is 13.7. The van der Waals surface area contributed by atoms with Crippen LogP contribution in [0.5, 0.6) is 0 Å². The van der Waals surface area contributed by atoms with Gasteiger partial charge >= 0.3 is 0 Å². The Kier molecular flexibility index (Phi) is 3.54. The average Bonchev–Trinajstić information content (AvgIpc) is 3.32. The molecule has 22 heavy (non-hydrogen) atoms. The van der Waals surface area contributed by atoms with Gasteiger partial charge in [0.2, 0.25) is 5.91 Å². The van der Waals surface area contributed by atoms with Crippen LogP contribution in [0.25, 0.3) is 0 Å². The minimum atomic E-state index is -0.508. The fourth-order valence-corrected chi connectivity index (χ4v) is 2.30. The lowest BCUT2D eigenvalue weighted by molar-refractivity contribution is -0.384. The molecule has 1 amide bonds. The van der Waals surface area contributed by atoms with Gasteiger partial charge in [0, 0.05) is 37.0 Å². The van der Waals surface area contributed by atoms with Crippen molar-refractivity contribution in [3.63, 3.8) is 0 Å². The summed E-state index contributed by atoms with van der Waals surface area (Å²) in [6.07, 6.45) is 5.18. The van der Waals surface area contributed by atoms with Gasteiger partial charge in [-0.15, -0.1) is 0 Å². The van der Waals surface area contributed by atoms with Gasteiger partial charge < -0.3 is 0 Å². The number of anilines is 2. The van der Waals surface area contributed by atoms with Gasteiger partial charge in [-0.3, -0.25) is 24.8 Å². The Morgan fingerprint density at radius 1 is 1.27 bits per heavy atom. The summed E-state index contributed by atoms with van der Waals surface area (Å²) in [4.78, 5) is 32.2. The van der Waals surface area contributed by atoms with E-state index in [2.05, 4.69) is 9.97 Å². The fraction of sp³-hybridized carbons (Fsp3) is 0.267. The second-order valence-electron chi connectivity index (χ2n) is 5.20. The average molecular weight is 298 g/mol. The molecule has 1 aliphatic rings. The van der Waals surface area contributed by atoms with Gasteiger partial charge in [-0.25, -0.2) is 4.98 Å². The summed E-state index contributed by atoms with van der Waals surface area (Å²) in [5, 5.41) is 10.9. The second kappa shape index (κ2) is 5.51. The Bertz CT molecular complexity index is 743. The Morgan fingerprint density at radius 2 is 2.00 bits per heavy atom. The Labute approximate surface area is 126 Å². The number of carbonyl (C=O) groups is 1. The topological polar surface area (TPSA) is 89.2 Å². The number of hydrogen-bond acceptors (Lipinski definition) is 5. The highest BCUT2D eigenvalue weighted by atomic mass is 16.6. The molecule has 112 valence electrons. The van der Waals surface area contributed by atoms with Crippen molar-refractivity contribution in [3.05, 3.63) is 52.5 Å². The van der Waals surface area contributed by atoms with E-state index in [1.54, 1.807) is 12.3 Å². The summed E-state index contributed by atoms with van der Waals surface area (Å²) < 4.78 is 0. The zero-order chi connectivity index (χ0) is 15.7. The number of carbonyl (C=O) groups excluding carboxylic acids is 1. The maximum atomic E-state index is 12.0. The minimum absolute atomic E-state index is 0.104. The molecule has 2 aromatic rings. The quantitative estimate of drug-likeness (QED) is 0.639. The molecule has 2 heterocycles. The maximum Gasteiger partial charge on any atom is 0.274 e. The molecule has 0 aromatic carbocycles. The van der Waals surface area contributed by atoms with Crippen molar-refractivity contribution in [2.24, 2.45) is 0 Å². The molecule has 0 radical (unpaired) electrons. The van der Waals surface area contributed by atoms with E-state index in [9.17, 15) is 14.9 Å². The van der Waals surface area contributed by atoms with Gasteiger partial charge in [-0.05, 0) is 25.0 Å².